The normalized spacial score (nSPS) is 12.8. The van der Waals surface area contributed by atoms with Crippen LogP contribution in [-0.4, -0.2) is 79.3 Å². The summed E-state index contributed by atoms with van der Waals surface area (Å²) in [6.07, 6.45) is 10.4. The molecule has 0 aliphatic rings. The first-order valence-electron chi connectivity index (χ1n) is 13.1. The fourth-order valence-corrected chi connectivity index (χ4v) is 10.6. The highest BCUT2D eigenvalue weighted by molar-refractivity contribution is 6.69. The van der Waals surface area contributed by atoms with Crippen molar-refractivity contribution in [1.82, 2.24) is 18.3 Å². The van der Waals surface area contributed by atoms with Gasteiger partial charge in [0.15, 0.2) is 0 Å². The second-order valence-corrected chi connectivity index (χ2v) is 12.1. The smallest absolute Gasteiger partial charge is 0.287 e. The first-order valence-corrected chi connectivity index (χ1v) is 14.9. The largest absolute Gasteiger partial charge is 0.376 e. The number of hydrogen-bond acceptors (Lipinski definition) is 4. The molecule has 5 heteroatoms. The summed E-state index contributed by atoms with van der Waals surface area (Å²) < 4.78 is 11.8. The monoisotopic (exact) mass is 428 g/mol. The molecule has 0 bridgehead atoms. The summed E-state index contributed by atoms with van der Waals surface area (Å²) in [5, 5.41) is 0. The van der Waals surface area contributed by atoms with Gasteiger partial charge in [0.25, 0.3) is 0 Å². The van der Waals surface area contributed by atoms with Gasteiger partial charge in [-0.1, -0.05) is 81.1 Å². The summed E-state index contributed by atoms with van der Waals surface area (Å²) in [6.45, 7) is 28.6. The molecule has 0 amide bonds. The molecular weight excluding hydrogens is 372 g/mol. The van der Waals surface area contributed by atoms with Crippen molar-refractivity contribution in [1.29, 1.82) is 0 Å². The third-order valence-corrected chi connectivity index (χ3v) is 11.9. The van der Waals surface area contributed by atoms with Crippen molar-refractivity contribution in [2.45, 2.75) is 107 Å². The maximum Gasteiger partial charge on any atom is 0.376 e. The summed E-state index contributed by atoms with van der Waals surface area (Å²) in [6, 6.07) is 0. The Kier molecular flexibility index (Phi) is 17.7. The average molecular weight is 429 g/mol. The van der Waals surface area contributed by atoms with Gasteiger partial charge in [0.05, 0.1) is 0 Å². The van der Waals surface area contributed by atoms with Gasteiger partial charge in [-0.15, -0.1) is 0 Å². The Balaban J connectivity index is 6.54. The Hall–Kier alpha value is 0.0569. The van der Waals surface area contributed by atoms with E-state index in [4.69, 9.17) is 0 Å². The Morgan fingerprint density at radius 2 is 0.621 bits per heavy atom. The van der Waals surface area contributed by atoms with E-state index in [0.717, 1.165) is 26.2 Å². The molecule has 29 heavy (non-hydrogen) atoms. The number of hydrogen-bond donors (Lipinski definition) is 0. The van der Waals surface area contributed by atoms with E-state index in [0.29, 0.717) is 0 Å². The fourth-order valence-electron chi connectivity index (χ4n) is 4.72. The van der Waals surface area contributed by atoms with E-state index in [-0.39, 0.29) is 0 Å². The molecule has 0 rings (SSSR count). The highest BCUT2D eigenvalue weighted by Crippen LogP contribution is 2.27. The van der Waals surface area contributed by atoms with Gasteiger partial charge in [0.2, 0.25) is 0 Å². The lowest BCUT2D eigenvalue weighted by molar-refractivity contribution is 0.168. The second-order valence-electron chi connectivity index (χ2n) is 8.33. The SMILES string of the molecule is CCCCN(CCCC)[Si](N(CC)CC)(N(CC)CC)N(CCCC)CCCC. The molecule has 0 aliphatic heterocycles. The van der Waals surface area contributed by atoms with Crippen LogP contribution in [0.5, 0.6) is 0 Å². The van der Waals surface area contributed by atoms with Crippen molar-refractivity contribution >= 4 is 8.72 Å². The zero-order chi connectivity index (χ0) is 22.1. The molecule has 0 radical (unpaired) electrons. The zero-order valence-corrected chi connectivity index (χ0v) is 22.6. The Bertz CT molecular complexity index is 309. The number of rotatable bonds is 20. The standard InChI is InChI=1S/C24H56N4Si/c1-9-17-21-27(22-18-10-2)29(25(13-5)14-6,26(15-7)16-8)28(23-19-11-3)24-20-12-4/h9-24H2,1-8H3. The maximum absolute atomic E-state index is 3.01. The quantitative estimate of drug-likeness (QED) is 0.223. The molecular formula is C24H56N4Si. The molecule has 0 aromatic heterocycles. The number of unbranched alkanes of at least 4 members (excludes halogenated alkanes) is 4. The lowest BCUT2D eigenvalue weighted by Crippen LogP contribution is -2.83. The van der Waals surface area contributed by atoms with Gasteiger partial charge in [0.1, 0.15) is 0 Å². The van der Waals surface area contributed by atoms with Crippen molar-refractivity contribution in [3.8, 4) is 0 Å². The lowest BCUT2D eigenvalue weighted by atomic mass is 10.3. The van der Waals surface area contributed by atoms with Gasteiger partial charge in [-0.2, -0.15) is 0 Å². The molecule has 0 aromatic rings. The van der Waals surface area contributed by atoms with Crippen molar-refractivity contribution in [2.24, 2.45) is 0 Å². The van der Waals surface area contributed by atoms with Crippen LogP contribution in [0.3, 0.4) is 0 Å². The third-order valence-electron chi connectivity index (χ3n) is 6.35. The van der Waals surface area contributed by atoms with Gasteiger partial charge >= 0.3 is 8.72 Å². The van der Waals surface area contributed by atoms with Crippen LogP contribution in [-0.2, 0) is 0 Å². The molecule has 0 saturated carbocycles. The van der Waals surface area contributed by atoms with E-state index in [2.05, 4.69) is 73.7 Å². The van der Waals surface area contributed by atoms with E-state index < -0.39 is 8.72 Å². The van der Waals surface area contributed by atoms with Crippen LogP contribution in [0.1, 0.15) is 107 Å². The zero-order valence-electron chi connectivity index (χ0n) is 21.6. The molecule has 0 atom stereocenters. The summed E-state index contributed by atoms with van der Waals surface area (Å²) in [4.78, 5) is 0. The highest BCUT2D eigenvalue weighted by atomic mass is 28.4. The van der Waals surface area contributed by atoms with E-state index in [1.807, 2.05) is 0 Å². The van der Waals surface area contributed by atoms with Crippen LogP contribution >= 0.6 is 0 Å². The molecule has 176 valence electrons. The molecule has 0 aromatic carbocycles. The topological polar surface area (TPSA) is 13.0 Å². The molecule has 0 aliphatic carbocycles. The van der Waals surface area contributed by atoms with Crippen LogP contribution in [0.25, 0.3) is 0 Å². The van der Waals surface area contributed by atoms with E-state index in [9.17, 15) is 0 Å². The van der Waals surface area contributed by atoms with Gasteiger partial charge in [-0.3, -0.25) is 18.3 Å². The molecule has 0 heterocycles. The predicted octanol–water partition coefficient (Wildman–Crippen LogP) is 5.91. The Morgan fingerprint density at radius 1 is 0.379 bits per heavy atom. The van der Waals surface area contributed by atoms with Crippen LogP contribution in [0, 0.1) is 0 Å². The van der Waals surface area contributed by atoms with Crippen LogP contribution < -0.4 is 0 Å². The summed E-state index contributed by atoms with van der Waals surface area (Å²) in [5.41, 5.74) is 0. The number of nitrogens with zero attached hydrogens (tertiary/aromatic N) is 4. The average Bonchev–Trinajstić information content (AvgIpc) is 2.74. The minimum atomic E-state index is -2.13. The molecule has 0 spiro atoms. The van der Waals surface area contributed by atoms with Crippen molar-refractivity contribution in [3.63, 3.8) is 0 Å². The molecule has 4 nitrogen and oxygen atoms in total. The molecule has 0 unspecified atom stereocenters. The summed E-state index contributed by atoms with van der Waals surface area (Å²) >= 11 is 0. The molecule has 0 fully saturated rings. The van der Waals surface area contributed by atoms with Crippen LogP contribution in [0.2, 0.25) is 0 Å². The highest BCUT2D eigenvalue weighted by Gasteiger charge is 2.54. The van der Waals surface area contributed by atoms with Crippen molar-refractivity contribution in [2.75, 3.05) is 52.4 Å². The summed E-state index contributed by atoms with van der Waals surface area (Å²) in [7, 11) is -2.13. The van der Waals surface area contributed by atoms with E-state index >= 15 is 0 Å². The van der Waals surface area contributed by atoms with Crippen LogP contribution in [0.4, 0.5) is 0 Å². The van der Waals surface area contributed by atoms with E-state index in [1.165, 1.54) is 77.5 Å². The first kappa shape index (κ1) is 29.1. The van der Waals surface area contributed by atoms with Gasteiger partial charge in [-0.05, 0) is 78.0 Å². The predicted molar refractivity (Wildman–Crippen MR) is 134 cm³/mol. The minimum Gasteiger partial charge on any atom is -0.287 e. The second kappa shape index (κ2) is 17.7. The Labute approximate surface area is 186 Å². The first-order chi connectivity index (χ1) is 14.1. The van der Waals surface area contributed by atoms with Crippen LogP contribution in [0.15, 0.2) is 0 Å². The Morgan fingerprint density at radius 3 is 0.793 bits per heavy atom. The third kappa shape index (κ3) is 8.25. The summed E-state index contributed by atoms with van der Waals surface area (Å²) in [5.74, 6) is 0. The molecule has 0 N–H and O–H groups in total. The van der Waals surface area contributed by atoms with Crippen molar-refractivity contribution in [3.05, 3.63) is 0 Å². The van der Waals surface area contributed by atoms with Crippen molar-refractivity contribution < 1.29 is 0 Å². The fraction of sp³-hybridized carbons (Fsp3) is 1.00. The van der Waals surface area contributed by atoms with Gasteiger partial charge in [0, 0.05) is 0 Å². The maximum atomic E-state index is 3.01. The van der Waals surface area contributed by atoms with E-state index in [1.54, 1.807) is 0 Å². The molecule has 0 saturated heterocycles. The van der Waals surface area contributed by atoms with Gasteiger partial charge in [-0.25, -0.2) is 0 Å². The minimum absolute atomic E-state index is 1.16. The van der Waals surface area contributed by atoms with Gasteiger partial charge < -0.3 is 0 Å². The lowest BCUT2D eigenvalue weighted by Gasteiger charge is -2.58.